The fourth-order valence-corrected chi connectivity index (χ4v) is 3.31. The standard InChI is InChI=1S/C16H12N3O/c1-18-14-11-4-2-3-5-13(11)20-16(14)19-9-10-6-7-17-8-12(10)15(18)19/h2-8H,9H2,1H3/q+1. The van der Waals surface area contributed by atoms with Crippen LogP contribution in [0, 0.1) is 0 Å². The van der Waals surface area contributed by atoms with Crippen molar-refractivity contribution in [1.29, 1.82) is 0 Å². The molecule has 0 amide bonds. The van der Waals surface area contributed by atoms with Gasteiger partial charge in [0.1, 0.15) is 12.1 Å². The highest BCUT2D eigenvalue weighted by Gasteiger charge is 2.35. The highest BCUT2D eigenvalue weighted by molar-refractivity contribution is 6.01. The van der Waals surface area contributed by atoms with Crippen LogP contribution in [0.4, 0.5) is 0 Å². The molecule has 0 unspecified atom stereocenters. The van der Waals surface area contributed by atoms with E-state index < -0.39 is 0 Å². The zero-order chi connectivity index (χ0) is 13.3. The second-order valence-corrected chi connectivity index (χ2v) is 5.25. The molecule has 3 aromatic heterocycles. The molecule has 96 valence electrons. The SMILES string of the molecule is Cn1c2[n+](c3oc4ccccc4c31)Cc1ccncc1-2. The van der Waals surface area contributed by atoms with E-state index in [0.717, 1.165) is 28.7 Å². The Morgan fingerprint density at radius 1 is 1.25 bits per heavy atom. The summed E-state index contributed by atoms with van der Waals surface area (Å²) in [5, 5.41) is 1.16. The van der Waals surface area contributed by atoms with Crippen molar-refractivity contribution in [3.63, 3.8) is 0 Å². The van der Waals surface area contributed by atoms with Gasteiger partial charge in [-0.1, -0.05) is 12.1 Å². The van der Waals surface area contributed by atoms with Gasteiger partial charge >= 0.3 is 5.71 Å². The van der Waals surface area contributed by atoms with Crippen LogP contribution in [-0.2, 0) is 13.6 Å². The smallest absolute Gasteiger partial charge is 0.339 e. The average Bonchev–Trinajstić information content (AvgIpc) is 3.10. The van der Waals surface area contributed by atoms with E-state index in [0.29, 0.717) is 0 Å². The van der Waals surface area contributed by atoms with E-state index in [1.807, 2.05) is 24.5 Å². The van der Waals surface area contributed by atoms with Gasteiger partial charge in [-0.05, 0) is 18.2 Å². The number of rotatable bonds is 0. The van der Waals surface area contributed by atoms with Crippen LogP contribution in [0.15, 0.2) is 47.1 Å². The van der Waals surface area contributed by atoms with Crippen molar-refractivity contribution >= 4 is 22.2 Å². The number of furan rings is 1. The van der Waals surface area contributed by atoms with Gasteiger partial charge in [0.15, 0.2) is 0 Å². The van der Waals surface area contributed by atoms with Gasteiger partial charge in [-0.25, -0.2) is 4.57 Å². The highest BCUT2D eigenvalue weighted by Crippen LogP contribution is 2.34. The number of fused-ring (bicyclic) bond motifs is 7. The van der Waals surface area contributed by atoms with Crippen LogP contribution in [0.5, 0.6) is 0 Å². The summed E-state index contributed by atoms with van der Waals surface area (Å²) < 4.78 is 10.5. The molecule has 0 N–H and O–H groups in total. The molecule has 0 radical (unpaired) electrons. The Morgan fingerprint density at radius 3 is 3.10 bits per heavy atom. The second-order valence-electron chi connectivity index (χ2n) is 5.25. The molecule has 0 saturated carbocycles. The van der Waals surface area contributed by atoms with E-state index in [9.17, 15) is 0 Å². The van der Waals surface area contributed by atoms with Gasteiger partial charge in [0, 0.05) is 18.0 Å². The number of pyridine rings is 1. The number of benzene rings is 1. The van der Waals surface area contributed by atoms with Gasteiger partial charge in [0.2, 0.25) is 5.52 Å². The number of aromatic nitrogens is 3. The Labute approximate surface area is 114 Å². The molecule has 0 fully saturated rings. The van der Waals surface area contributed by atoms with Crippen molar-refractivity contribution in [2.45, 2.75) is 6.54 Å². The molecule has 1 aliphatic heterocycles. The van der Waals surface area contributed by atoms with E-state index in [4.69, 9.17) is 4.42 Å². The first-order valence-corrected chi connectivity index (χ1v) is 6.67. The van der Waals surface area contributed by atoms with Crippen molar-refractivity contribution in [2.75, 3.05) is 0 Å². The third kappa shape index (κ3) is 1.04. The maximum atomic E-state index is 6.07. The van der Waals surface area contributed by atoms with Crippen LogP contribution >= 0.6 is 0 Å². The highest BCUT2D eigenvalue weighted by atomic mass is 16.3. The molecule has 4 heterocycles. The van der Waals surface area contributed by atoms with Crippen molar-refractivity contribution in [3.8, 4) is 11.4 Å². The predicted molar refractivity (Wildman–Crippen MR) is 75.2 cm³/mol. The quantitative estimate of drug-likeness (QED) is 0.402. The molecule has 4 nitrogen and oxygen atoms in total. The minimum atomic E-state index is 0.852. The van der Waals surface area contributed by atoms with Gasteiger partial charge in [-0.15, -0.1) is 0 Å². The Hall–Kier alpha value is -2.62. The first-order valence-electron chi connectivity index (χ1n) is 6.67. The topological polar surface area (TPSA) is 34.8 Å². The molecule has 5 rings (SSSR count). The molecule has 0 atom stereocenters. The maximum absolute atomic E-state index is 6.07. The first-order chi connectivity index (χ1) is 9.84. The lowest BCUT2D eigenvalue weighted by Gasteiger charge is -1.94. The zero-order valence-corrected chi connectivity index (χ0v) is 11.0. The molecule has 1 aliphatic rings. The number of nitrogens with zero attached hydrogens (tertiary/aromatic N) is 3. The largest absolute Gasteiger partial charge is 0.419 e. The summed E-state index contributed by atoms with van der Waals surface area (Å²) in [5.74, 6) is 1.17. The van der Waals surface area contributed by atoms with E-state index in [2.05, 4.69) is 39.4 Å². The number of hydrogen-bond acceptors (Lipinski definition) is 2. The average molecular weight is 262 g/mol. The van der Waals surface area contributed by atoms with Crippen LogP contribution in [0.2, 0.25) is 0 Å². The fraction of sp³-hybridized carbons (Fsp3) is 0.125. The van der Waals surface area contributed by atoms with Crippen LogP contribution < -0.4 is 4.57 Å². The normalized spacial score (nSPS) is 13.1. The lowest BCUT2D eigenvalue weighted by atomic mass is 10.2. The third-order valence-electron chi connectivity index (χ3n) is 4.19. The number of aryl methyl sites for hydroxylation is 1. The summed E-state index contributed by atoms with van der Waals surface area (Å²) in [5.41, 5.74) is 5.54. The lowest BCUT2D eigenvalue weighted by Crippen LogP contribution is -2.31. The summed E-state index contributed by atoms with van der Waals surface area (Å²) >= 11 is 0. The summed E-state index contributed by atoms with van der Waals surface area (Å²) in [7, 11) is 2.10. The van der Waals surface area contributed by atoms with E-state index in [1.165, 1.54) is 17.0 Å². The van der Waals surface area contributed by atoms with Gasteiger partial charge < -0.3 is 4.42 Å². The van der Waals surface area contributed by atoms with Crippen LogP contribution in [0.3, 0.4) is 0 Å². The molecule has 4 heteroatoms. The number of para-hydroxylation sites is 1. The number of hydrogen-bond donors (Lipinski definition) is 0. The summed E-state index contributed by atoms with van der Waals surface area (Å²) in [6.45, 7) is 0.852. The first kappa shape index (κ1) is 10.2. The summed E-state index contributed by atoms with van der Waals surface area (Å²) in [4.78, 5) is 4.26. The van der Waals surface area contributed by atoms with Crippen molar-refractivity contribution < 1.29 is 8.98 Å². The van der Waals surface area contributed by atoms with Crippen molar-refractivity contribution in [1.82, 2.24) is 9.55 Å². The fourth-order valence-electron chi connectivity index (χ4n) is 3.31. The van der Waals surface area contributed by atoms with Gasteiger partial charge in [-0.2, -0.15) is 4.57 Å². The molecule has 0 saturated heterocycles. The van der Waals surface area contributed by atoms with E-state index in [-0.39, 0.29) is 0 Å². The van der Waals surface area contributed by atoms with Crippen molar-refractivity contribution in [3.05, 3.63) is 48.3 Å². The van der Waals surface area contributed by atoms with Crippen LogP contribution in [0.1, 0.15) is 5.56 Å². The van der Waals surface area contributed by atoms with Crippen molar-refractivity contribution in [2.24, 2.45) is 7.05 Å². The van der Waals surface area contributed by atoms with E-state index in [1.54, 1.807) is 0 Å². The molecule has 20 heavy (non-hydrogen) atoms. The minimum Gasteiger partial charge on any atom is -0.419 e. The Balaban J connectivity index is 1.98. The second kappa shape index (κ2) is 3.28. The van der Waals surface area contributed by atoms with Gasteiger partial charge in [0.05, 0.1) is 18.0 Å². The molecular weight excluding hydrogens is 250 g/mol. The molecule has 1 aromatic carbocycles. The monoisotopic (exact) mass is 262 g/mol. The third-order valence-corrected chi connectivity index (χ3v) is 4.19. The zero-order valence-electron chi connectivity index (χ0n) is 11.0. The Morgan fingerprint density at radius 2 is 2.15 bits per heavy atom. The van der Waals surface area contributed by atoms with Crippen LogP contribution in [-0.4, -0.2) is 9.55 Å². The van der Waals surface area contributed by atoms with Crippen LogP contribution in [0.25, 0.3) is 33.6 Å². The maximum Gasteiger partial charge on any atom is 0.339 e. The molecule has 4 aromatic rings. The number of imidazole rings is 1. The van der Waals surface area contributed by atoms with Gasteiger partial charge in [0.25, 0.3) is 5.82 Å². The Kier molecular flexibility index (Phi) is 1.67. The Bertz CT molecular complexity index is 994. The summed E-state index contributed by atoms with van der Waals surface area (Å²) in [6.07, 6.45) is 3.79. The van der Waals surface area contributed by atoms with E-state index >= 15 is 0 Å². The molecule has 0 spiro atoms. The molecule has 0 aliphatic carbocycles. The minimum absolute atomic E-state index is 0.852. The predicted octanol–water partition coefficient (Wildman–Crippen LogP) is 2.64. The summed E-state index contributed by atoms with van der Waals surface area (Å²) in [6, 6.07) is 10.3. The molecular formula is C16H12N3O+. The lowest BCUT2D eigenvalue weighted by molar-refractivity contribution is -0.652. The van der Waals surface area contributed by atoms with Gasteiger partial charge in [-0.3, -0.25) is 4.98 Å². The molecule has 0 bridgehead atoms.